The Bertz CT molecular complexity index is 684. The molecule has 0 aliphatic rings. The number of nitrogens with zero attached hydrogens (tertiary/aromatic N) is 1. The van der Waals surface area contributed by atoms with E-state index in [2.05, 4.69) is 25.3 Å². The van der Waals surface area contributed by atoms with Gasteiger partial charge in [0.1, 0.15) is 0 Å². The van der Waals surface area contributed by atoms with Crippen LogP contribution in [0.4, 0.5) is 0 Å². The van der Waals surface area contributed by atoms with Crippen LogP contribution >= 0.6 is 0 Å². The Labute approximate surface area is 125 Å². The van der Waals surface area contributed by atoms with Gasteiger partial charge < -0.3 is 15.4 Å². The Hall–Kier alpha value is -1.81. The Morgan fingerprint density at radius 2 is 2.00 bits per heavy atom. The van der Waals surface area contributed by atoms with Gasteiger partial charge in [0.2, 0.25) is 0 Å². The number of benzene rings is 1. The van der Waals surface area contributed by atoms with Crippen molar-refractivity contribution < 1.29 is 9.90 Å². The molecule has 0 spiro atoms. The number of hydrogen-bond donors (Lipinski definition) is 2. The number of aromatic carboxylic acids is 1. The van der Waals surface area contributed by atoms with Crippen molar-refractivity contribution in [1.29, 1.82) is 0 Å². The molecule has 0 fully saturated rings. The lowest BCUT2D eigenvalue weighted by Gasteiger charge is -2.09. The lowest BCUT2D eigenvalue weighted by atomic mass is 9.97. The SMILES string of the molecule is Cc1cc2c(C(C)C)c(C)n(CCCN)c2cc1C(=O)O. The molecule has 1 aromatic carbocycles. The molecule has 21 heavy (non-hydrogen) atoms. The third kappa shape index (κ3) is 2.68. The third-order valence-corrected chi connectivity index (χ3v) is 4.11. The van der Waals surface area contributed by atoms with Crippen LogP contribution in [0.25, 0.3) is 10.9 Å². The van der Waals surface area contributed by atoms with Crippen LogP contribution in [0.1, 0.15) is 53.4 Å². The predicted octanol–water partition coefficient (Wildman–Crippen LogP) is 3.43. The minimum absolute atomic E-state index is 0.379. The third-order valence-electron chi connectivity index (χ3n) is 4.11. The summed E-state index contributed by atoms with van der Waals surface area (Å²) in [6.07, 6.45) is 0.887. The fourth-order valence-electron chi connectivity index (χ4n) is 3.15. The van der Waals surface area contributed by atoms with Gasteiger partial charge in [-0.3, -0.25) is 0 Å². The molecule has 0 saturated carbocycles. The maximum Gasteiger partial charge on any atom is 0.336 e. The number of fused-ring (bicyclic) bond motifs is 1. The molecule has 0 aliphatic carbocycles. The number of aryl methyl sites for hydroxylation is 2. The van der Waals surface area contributed by atoms with Crippen molar-refractivity contribution in [3.8, 4) is 0 Å². The van der Waals surface area contributed by atoms with E-state index in [0.717, 1.165) is 24.0 Å². The molecule has 114 valence electrons. The van der Waals surface area contributed by atoms with E-state index in [9.17, 15) is 9.90 Å². The molecule has 4 heteroatoms. The van der Waals surface area contributed by atoms with E-state index in [0.29, 0.717) is 18.0 Å². The number of nitrogens with two attached hydrogens (primary N) is 1. The first-order valence-corrected chi connectivity index (χ1v) is 7.45. The van der Waals surface area contributed by atoms with Gasteiger partial charge >= 0.3 is 5.97 Å². The highest BCUT2D eigenvalue weighted by Gasteiger charge is 2.19. The molecule has 0 radical (unpaired) electrons. The van der Waals surface area contributed by atoms with Crippen LogP contribution in [0.15, 0.2) is 12.1 Å². The maximum absolute atomic E-state index is 11.4. The average Bonchev–Trinajstić information content (AvgIpc) is 2.66. The van der Waals surface area contributed by atoms with E-state index in [1.807, 2.05) is 19.1 Å². The summed E-state index contributed by atoms with van der Waals surface area (Å²) in [5.74, 6) is -0.466. The maximum atomic E-state index is 11.4. The Morgan fingerprint density at radius 3 is 2.52 bits per heavy atom. The summed E-state index contributed by atoms with van der Waals surface area (Å²) in [6.45, 7) is 9.79. The molecule has 1 aromatic heterocycles. The minimum atomic E-state index is -0.871. The number of carboxylic acid groups (broad SMARTS) is 1. The predicted molar refractivity (Wildman–Crippen MR) is 86.1 cm³/mol. The first kappa shape index (κ1) is 15.6. The summed E-state index contributed by atoms with van der Waals surface area (Å²) in [6, 6.07) is 3.82. The zero-order valence-electron chi connectivity index (χ0n) is 13.2. The van der Waals surface area contributed by atoms with Gasteiger partial charge in [-0.05, 0) is 56.0 Å². The van der Waals surface area contributed by atoms with E-state index in [4.69, 9.17) is 5.73 Å². The second kappa shape index (κ2) is 5.90. The zero-order chi connectivity index (χ0) is 15.7. The van der Waals surface area contributed by atoms with Gasteiger partial charge in [0.25, 0.3) is 0 Å². The van der Waals surface area contributed by atoms with Gasteiger partial charge in [-0.2, -0.15) is 0 Å². The lowest BCUT2D eigenvalue weighted by molar-refractivity contribution is 0.0696. The van der Waals surface area contributed by atoms with Gasteiger partial charge in [0.15, 0.2) is 0 Å². The molecule has 0 atom stereocenters. The second-order valence-electron chi connectivity index (χ2n) is 5.94. The van der Waals surface area contributed by atoms with Crippen molar-refractivity contribution in [1.82, 2.24) is 4.57 Å². The van der Waals surface area contributed by atoms with Crippen LogP contribution in [0.5, 0.6) is 0 Å². The van der Waals surface area contributed by atoms with Crippen molar-refractivity contribution >= 4 is 16.9 Å². The van der Waals surface area contributed by atoms with Gasteiger partial charge in [-0.1, -0.05) is 13.8 Å². The van der Waals surface area contributed by atoms with E-state index in [1.54, 1.807) is 0 Å². The van der Waals surface area contributed by atoms with Crippen molar-refractivity contribution in [2.24, 2.45) is 5.73 Å². The van der Waals surface area contributed by atoms with Crippen molar-refractivity contribution in [2.45, 2.75) is 46.6 Å². The van der Waals surface area contributed by atoms with E-state index in [-0.39, 0.29) is 0 Å². The first-order chi connectivity index (χ1) is 9.88. The minimum Gasteiger partial charge on any atom is -0.478 e. The molecule has 4 nitrogen and oxygen atoms in total. The number of aromatic nitrogens is 1. The van der Waals surface area contributed by atoms with Gasteiger partial charge in [0.05, 0.1) is 5.56 Å². The summed E-state index contributed by atoms with van der Waals surface area (Å²) in [7, 11) is 0. The summed E-state index contributed by atoms with van der Waals surface area (Å²) in [4.78, 5) is 11.4. The molecule has 0 saturated heterocycles. The van der Waals surface area contributed by atoms with Gasteiger partial charge in [-0.25, -0.2) is 4.79 Å². The quantitative estimate of drug-likeness (QED) is 0.885. The highest BCUT2D eigenvalue weighted by Crippen LogP contribution is 2.33. The van der Waals surface area contributed by atoms with Crippen LogP contribution in [-0.4, -0.2) is 22.2 Å². The molecule has 1 heterocycles. The summed E-state index contributed by atoms with van der Waals surface area (Å²) < 4.78 is 2.21. The molecule has 3 N–H and O–H groups in total. The molecule has 0 unspecified atom stereocenters. The Morgan fingerprint density at radius 1 is 1.33 bits per heavy atom. The Kier molecular flexibility index (Phi) is 4.37. The fraction of sp³-hybridized carbons (Fsp3) is 0.471. The van der Waals surface area contributed by atoms with Crippen LogP contribution in [-0.2, 0) is 6.54 Å². The summed E-state index contributed by atoms with van der Waals surface area (Å²) in [5, 5.41) is 10.5. The van der Waals surface area contributed by atoms with Crippen molar-refractivity contribution in [2.75, 3.05) is 6.54 Å². The van der Waals surface area contributed by atoms with Crippen LogP contribution in [0, 0.1) is 13.8 Å². The highest BCUT2D eigenvalue weighted by atomic mass is 16.4. The lowest BCUT2D eigenvalue weighted by Crippen LogP contribution is -2.08. The van der Waals surface area contributed by atoms with Crippen LogP contribution < -0.4 is 5.73 Å². The smallest absolute Gasteiger partial charge is 0.336 e. The largest absolute Gasteiger partial charge is 0.478 e. The molecule has 0 bridgehead atoms. The van der Waals surface area contributed by atoms with E-state index >= 15 is 0 Å². The standard InChI is InChI=1S/C17H24N2O2/c1-10(2)16-12(4)19(7-5-6-18)15-9-13(17(20)21)11(3)8-14(15)16/h8-10H,5-7,18H2,1-4H3,(H,20,21). The van der Waals surface area contributed by atoms with Crippen LogP contribution in [0.3, 0.4) is 0 Å². The number of rotatable bonds is 5. The molecule has 2 rings (SSSR count). The van der Waals surface area contributed by atoms with Crippen molar-refractivity contribution in [3.63, 3.8) is 0 Å². The van der Waals surface area contributed by atoms with E-state index < -0.39 is 5.97 Å². The van der Waals surface area contributed by atoms with Crippen molar-refractivity contribution in [3.05, 3.63) is 34.5 Å². The normalized spacial score (nSPS) is 11.5. The highest BCUT2D eigenvalue weighted by molar-refractivity contribution is 5.97. The zero-order valence-corrected chi connectivity index (χ0v) is 13.2. The molecule has 0 aliphatic heterocycles. The number of carbonyl (C=O) groups is 1. The van der Waals surface area contributed by atoms with Crippen LogP contribution in [0.2, 0.25) is 0 Å². The monoisotopic (exact) mass is 288 g/mol. The van der Waals surface area contributed by atoms with Gasteiger partial charge in [-0.15, -0.1) is 0 Å². The summed E-state index contributed by atoms with van der Waals surface area (Å²) in [5.41, 5.74) is 10.4. The molecular weight excluding hydrogens is 264 g/mol. The number of carboxylic acids is 1. The van der Waals surface area contributed by atoms with Gasteiger partial charge in [0, 0.05) is 23.1 Å². The summed E-state index contributed by atoms with van der Waals surface area (Å²) >= 11 is 0. The first-order valence-electron chi connectivity index (χ1n) is 7.45. The fourth-order valence-corrected chi connectivity index (χ4v) is 3.15. The molecule has 0 amide bonds. The average molecular weight is 288 g/mol. The molecule has 2 aromatic rings. The molecular formula is C17H24N2O2. The number of hydrogen-bond acceptors (Lipinski definition) is 2. The Balaban J connectivity index is 2.78. The second-order valence-corrected chi connectivity index (χ2v) is 5.94. The topological polar surface area (TPSA) is 68.2 Å². The van der Waals surface area contributed by atoms with E-state index in [1.165, 1.54) is 16.6 Å².